The van der Waals surface area contributed by atoms with Crippen molar-refractivity contribution in [2.24, 2.45) is 5.41 Å². The Morgan fingerprint density at radius 3 is 2.67 bits per heavy atom. The van der Waals surface area contributed by atoms with Crippen LogP contribution in [0.4, 0.5) is 0 Å². The van der Waals surface area contributed by atoms with Crippen LogP contribution < -0.4 is 10.0 Å². The minimum absolute atomic E-state index is 0.0502. The molecule has 0 saturated carbocycles. The van der Waals surface area contributed by atoms with Crippen LogP contribution in [0.25, 0.3) is 0 Å². The molecule has 0 unspecified atom stereocenters. The van der Waals surface area contributed by atoms with E-state index in [1.807, 2.05) is 0 Å². The summed E-state index contributed by atoms with van der Waals surface area (Å²) in [6.07, 6.45) is 6.03. The molecule has 0 aliphatic carbocycles. The number of aromatic amines is 1. The molecule has 0 saturated heterocycles. The number of nitrogens with one attached hydrogen (secondary N) is 3. The van der Waals surface area contributed by atoms with Crippen molar-refractivity contribution in [2.75, 3.05) is 13.6 Å². The van der Waals surface area contributed by atoms with E-state index in [-0.39, 0.29) is 10.4 Å². The lowest BCUT2D eigenvalue weighted by atomic mass is 9.87. The molecule has 0 amide bonds. The molecule has 1 heterocycles. The van der Waals surface area contributed by atoms with E-state index < -0.39 is 10.0 Å². The third-order valence-corrected chi connectivity index (χ3v) is 4.93. The highest BCUT2D eigenvalue weighted by Gasteiger charge is 2.24. The van der Waals surface area contributed by atoms with Gasteiger partial charge in [0.05, 0.1) is 6.20 Å². The summed E-state index contributed by atoms with van der Waals surface area (Å²) >= 11 is 0. The lowest BCUT2D eigenvalue weighted by molar-refractivity contribution is 0.320. The first-order valence-electron chi connectivity index (χ1n) is 7.49. The van der Waals surface area contributed by atoms with Gasteiger partial charge in [0, 0.05) is 18.7 Å². The molecule has 0 fully saturated rings. The van der Waals surface area contributed by atoms with E-state index in [9.17, 15) is 8.42 Å². The van der Waals surface area contributed by atoms with Crippen LogP contribution in [0.1, 0.15) is 52.0 Å². The minimum atomic E-state index is -3.54. The van der Waals surface area contributed by atoms with E-state index in [2.05, 4.69) is 41.0 Å². The highest BCUT2D eigenvalue weighted by Crippen LogP contribution is 2.23. The highest BCUT2D eigenvalue weighted by molar-refractivity contribution is 7.89. The second-order valence-corrected chi connectivity index (χ2v) is 7.90. The molecule has 6 nitrogen and oxygen atoms in total. The molecule has 0 bridgehead atoms. The van der Waals surface area contributed by atoms with Gasteiger partial charge in [-0.05, 0) is 18.9 Å². The summed E-state index contributed by atoms with van der Waals surface area (Å²) < 4.78 is 27.4. The number of unbranched alkanes of at least 4 members (excludes halogenated alkanes) is 2. The second kappa shape index (κ2) is 7.91. The quantitative estimate of drug-likeness (QED) is 0.576. The van der Waals surface area contributed by atoms with Gasteiger partial charge >= 0.3 is 0 Å². The van der Waals surface area contributed by atoms with Crippen LogP contribution >= 0.6 is 0 Å². The maximum absolute atomic E-state index is 12.4. The Hall–Kier alpha value is -0.920. The molecule has 21 heavy (non-hydrogen) atoms. The number of rotatable bonds is 10. The summed E-state index contributed by atoms with van der Waals surface area (Å²) in [4.78, 5) is 0. The van der Waals surface area contributed by atoms with E-state index in [4.69, 9.17) is 0 Å². The van der Waals surface area contributed by atoms with Crippen molar-refractivity contribution in [3.05, 3.63) is 11.8 Å². The first-order valence-corrected chi connectivity index (χ1v) is 8.97. The Kier molecular flexibility index (Phi) is 6.83. The lowest BCUT2D eigenvalue weighted by Gasteiger charge is -2.24. The zero-order valence-electron chi connectivity index (χ0n) is 13.5. The molecular weight excluding hydrogens is 288 g/mol. The van der Waals surface area contributed by atoms with Gasteiger partial charge in [-0.25, -0.2) is 13.1 Å². The van der Waals surface area contributed by atoms with Crippen LogP contribution in [0.5, 0.6) is 0 Å². The Labute approximate surface area is 128 Å². The summed E-state index contributed by atoms with van der Waals surface area (Å²) in [5.74, 6) is 0. The Balaban J connectivity index is 2.66. The van der Waals surface area contributed by atoms with E-state index in [1.54, 1.807) is 7.05 Å². The number of H-pyrrole nitrogens is 1. The molecule has 7 heteroatoms. The average Bonchev–Trinajstić information content (AvgIpc) is 2.87. The summed E-state index contributed by atoms with van der Waals surface area (Å²) in [6.45, 7) is 7.24. The Morgan fingerprint density at radius 2 is 2.05 bits per heavy atom. The van der Waals surface area contributed by atoms with Gasteiger partial charge in [-0.1, -0.05) is 40.0 Å². The fourth-order valence-corrected chi connectivity index (χ4v) is 3.52. The monoisotopic (exact) mass is 316 g/mol. The van der Waals surface area contributed by atoms with Crippen LogP contribution in [0, 0.1) is 5.41 Å². The molecule has 0 aliphatic heterocycles. The molecule has 0 spiro atoms. The van der Waals surface area contributed by atoms with Gasteiger partial charge in [0.15, 0.2) is 5.03 Å². The maximum Gasteiger partial charge on any atom is 0.257 e. The zero-order valence-corrected chi connectivity index (χ0v) is 14.3. The first-order chi connectivity index (χ1) is 9.82. The molecule has 122 valence electrons. The fourth-order valence-electron chi connectivity index (χ4n) is 2.15. The number of aromatic nitrogens is 2. The lowest BCUT2D eigenvalue weighted by Crippen LogP contribution is -2.34. The maximum atomic E-state index is 12.4. The van der Waals surface area contributed by atoms with Gasteiger partial charge in [0.25, 0.3) is 10.0 Å². The molecule has 1 aromatic rings. The fraction of sp³-hybridized carbons (Fsp3) is 0.786. The summed E-state index contributed by atoms with van der Waals surface area (Å²) in [6, 6.07) is 0. The van der Waals surface area contributed by atoms with E-state index in [0.29, 0.717) is 18.7 Å². The number of hydrogen-bond donors (Lipinski definition) is 3. The predicted octanol–water partition coefficient (Wildman–Crippen LogP) is 2.01. The average molecular weight is 316 g/mol. The van der Waals surface area contributed by atoms with Crippen LogP contribution in [0.15, 0.2) is 11.2 Å². The number of hydrogen-bond acceptors (Lipinski definition) is 4. The minimum Gasteiger partial charge on any atom is -0.316 e. The van der Waals surface area contributed by atoms with Crippen LogP contribution in [0.3, 0.4) is 0 Å². The first kappa shape index (κ1) is 18.1. The van der Waals surface area contributed by atoms with Gasteiger partial charge in [-0.15, -0.1) is 0 Å². The third kappa shape index (κ3) is 5.76. The van der Waals surface area contributed by atoms with Crippen molar-refractivity contribution in [1.82, 2.24) is 20.2 Å². The SMILES string of the molecule is CCCCCC(C)(C)CNS(=O)(=O)c1[nH]ncc1CNC. The summed E-state index contributed by atoms with van der Waals surface area (Å²) in [5.41, 5.74) is 0.597. The van der Waals surface area contributed by atoms with Crippen molar-refractivity contribution in [1.29, 1.82) is 0 Å². The van der Waals surface area contributed by atoms with E-state index >= 15 is 0 Å². The van der Waals surface area contributed by atoms with Crippen LogP contribution in [-0.2, 0) is 16.6 Å². The third-order valence-electron chi connectivity index (χ3n) is 3.51. The largest absolute Gasteiger partial charge is 0.316 e. The van der Waals surface area contributed by atoms with Crippen LogP contribution in [-0.4, -0.2) is 32.2 Å². The normalized spacial score (nSPS) is 12.8. The van der Waals surface area contributed by atoms with Crippen molar-refractivity contribution in [3.63, 3.8) is 0 Å². The van der Waals surface area contributed by atoms with E-state index in [0.717, 1.165) is 12.8 Å². The predicted molar refractivity (Wildman–Crippen MR) is 84.5 cm³/mol. The van der Waals surface area contributed by atoms with Crippen molar-refractivity contribution in [3.8, 4) is 0 Å². The van der Waals surface area contributed by atoms with E-state index in [1.165, 1.54) is 19.0 Å². The number of sulfonamides is 1. The standard InChI is InChI=1S/C14H28N4O2S/c1-5-6-7-8-14(2,3)11-17-21(19,20)13-12(9-15-4)10-16-18-13/h10,15,17H,5-9,11H2,1-4H3,(H,16,18). The van der Waals surface area contributed by atoms with Gasteiger partial charge in [0.1, 0.15) is 0 Å². The molecule has 0 radical (unpaired) electrons. The number of nitrogens with zero attached hydrogens (tertiary/aromatic N) is 1. The van der Waals surface area contributed by atoms with Gasteiger partial charge in [0.2, 0.25) is 0 Å². The van der Waals surface area contributed by atoms with Gasteiger partial charge in [-0.3, -0.25) is 5.10 Å². The molecular formula is C14H28N4O2S. The highest BCUT2D eigenvalue weighted by atomic mass is 32.2. The van der Waals surface area contributed by atoms with Crippen molar-refractivity contribution in [2.45, 2.75) is 58.0 Å². The Bertz CT molecular complexity index is 523. The molecule has 0 aromatic carbocycles. The Morgan fingerprint density at radius 1 is 1.33 bits per heavy atom. The second-order valence-electron chi connectivity index (χ2n) is 6.20. The van der Waals surface area contributed by atoms with Crippen LogP contribution in [0.2, 0.25) is 0 Å². The smallest absolute Gasteiger partial charge is 0.257 e. The summed E-state index contributed by atoms with van der Waals surface area (Å²) in [5, 5.41) is 9.50. The molecule has 0 aliphatic rings. The van der Waals surface area contributed by atoms with Gasteiger partial charge < -0.3 is 5.32 Å². The molecule has 1 rings (SSSR count). The zero-order chi connectivity index (χ0) is 15.9. The topological polar surface area (TPSA) is 86.9 Å². The van der Waals surface area contributed by atoms with Gasteiger partial charge in [-0.2, -0.15) is 5.10 Å². The molecule has 0 atom stereocenters. The molecule has 1 aromatic heterocycles. The van der Waals surface area contributed by atoms with Crippen molar-refractivity contribution >= 4 is 10.0 Å². The summed E-state index contributed by atoms with van der Waals surface area (Å²) in [7, 11) is -1.77. The molecule has 3 N–H and O–H groups in total. The van der Waals surface area contributed by atoms with Crippen molar-refractivity contribution < 1.29 is 8.42 Å².